The Bertz CT molecular complexity index is 993. The zero-order chi connectivity index (χ0) is 29.0. The number of nitrogens with zero attached hydrogens (tertiary/aromatic N) is 2. The number of carbonyl (C=O) groups excluding carboxylic acids is 3. The molecule has 39 heavy (non-hydrogen) atoms. The van der Waals surface area contributed by atoms with Crippen LogP contribution in [0, 0.1) is 28.6 Å². The summed E-state index contributed by atoms with van der Waals surface area (Å²) in [6.45, 7) is 11.2. The van der Waals surface area contributed by atoms with E-state index in [2.05, 4.69) is 49.1 Å². The van der Waals surface area contributed by atoms with Crippen LogP contribution in [0.2, 0.25) is 0 Å². The van der Waals surface area contributed by atoms with Crippen molar-refractivity contribution in [2.75, 3.05) is 18.4 Å². The van der Waals surface area contributed by atoms with Gasteiger partial charge < -0.3 is 15.5 Å². The lowest BCUT2D eigenvalue weighted by Crippen LogP contribution is -2.49. The second-order valence-electron chi connectivity index (χ2n) is 12.2. The second-order valence-corrected chi connectivity index (χ2v) is 13.7. The molecule has 0 aromatic heterocycles. The Kier molecular flexibility index (Phi) is 13.1. The maximum absolute atomic E-state index is 12.5. The first-order valence-corrected chi connectivity index (χ1v) is 15.0. The molecule has 10 heteroatoms. The van der Waals surface area contributed by atoms with Crippen molar-refractivity contribution in [2.45, 2.75) is 90.5 Å². The summed E-state index contributed by atoms with van der Waals surface area (Å²) >= 11 is 0. The highest BCUT2D eigenvalue weighted by Gasteiger charge is 2.36. The monoisotopic (exact) mass is 559 g/mol. The van der Waals surface area contributed by atoms with E-state index in [1.165, 1.54) is 0 Å². The van der Waals surface area contributed by atoms with Gasteiger partial charge in [-0.15, -0.1) is 0 Å². The smallest absolute Gasteiger partial charge is 0.243 e. The van der Waals surface area contributed by atoms with Gasteiger partial charge in [0.2, 0.25) is 18.2 Å². The minimum Gasteiger partial charge on any atom is -0.346 e. The lowest BCUT2D eigenvalue weighted by atomic mass is 10.0. The standard InChI is InChI=1S/C17H26N4O3S.C7H7NO.C5H12/c1-11-6-13(8-18)21(10-11)16(22)9-19-17(23)15(7-12-2-3-12)20-25(24)14-4-5-14;9-6-8-7-4-2-1-3-5-7;1-5(2,3)4/h11-15,20H,2-7,9-10H2,1H3,(H,19,23);1-6H,(H,8,9);1-4H3. The Morgan fingerprint density at radius 3 is 2.28 bits per heavy atom. The highest BCUT2D eigenvalue weighted by atomic mass is 32.2. The molecule has 4 atom stereocenters. The molecule has 3 N–H and O–H groups in total. The minimum atomic E-state index is -1.18. The number of rotatable bonds is 10. The van der Waals surface area contributed by atoms with Crippen LogP contribution in [-0.4, -0.2) is 57.8 Å². The maximum Gasteiger partial charge on any atom is 0.243 e. The Balaban J connectivity index is 0.000000313. The van der Waals surface area contributed by atoms with Crippen molar-refractivity contribution in [3.05, 3.63) is 30.3 Å². The molecule has 3 aliphatic rings. The number of anilines is 1. The molecule has 2 saturated carbocycles. The molecule has 1 aliphatic heterocycles. The number of amides is 3. The van der Waals surface area contributed by atoms with E-state index < -0.39 is 23.1 Å². The van der Waals surface area contributed by atoms with Crippen molar-refractivity contribution in [1.29, 1.82) is 5.26 Å². The van der Waals surface area contributed by atoms with Crippen LogP contribution in [-0.2, 0) is 25.4 Å². The number of para-hydroxylation sites is 1. The van der Waals surface area contributed by atoms with Crippen LogP contribution >= 0.6 is 0 Å². The van der Waals surface area contributed by atoms with Crippen LogP contribution in [0.25, 0.3) is 0 Å². The van der Waals surface area contributed by atoms with Gasteiger partial charge in [0.15, 0.2) is 0 Å². The highest BCUT2D eigenvalue weighted by molar-refractivity contribution is 7.84. The van der Waals surface area contributed by atoms with E-state index >= 15 is 0 Å². The quantitative estimate of drug-likeness (QED) is 0.376. The zero-order valence-electron chi connectivity index (χ0n) is 23.9. The summed E-state index contributed by atoms with van der Waals surface area (Å²) in [6.07, 6.45) is 6.11. The van der Waals surface area contributed by atoms with Gasteiger partial charge in [-0.25, -0.2) is 8.93 Å². The van der Waals surface area contributed by atoms with Crippen molar-refractivity contribution < 1.29 is 18.6 Å². The first-order chi connectivity index (χ1) is 18.4. The first-order valence-electron chi connectivity index (χ1n) is 13.8. The molecule has 0 radical (unpaired) electrons. The van der Waals surface area contributed by atoms with E-state index in [0.717, 1.165) is 31.4 Å². The van der Waals surface area contributed by atoms with Crippen molar-refractivity contribution >= 4 is 34.9 Å². The van der Waals surface area contributed by atoms with Crippen molar-refractivity contribution in [3.63, 3.8) is 0 Å². The van der Waals surface area contributed by atoms with Gasteiger partial charge in [-0.3, -0.25) is 14.4 Å². The van der Waals surface area contributed by atoms with Crippen molar-refractivity contribution in [3.8, 4) is 6.07 Å². The number of nitriles is 1. The van der Waals surface area contributed by atoms with Crippen LogP contribution in [0.15, 0.2) is 30.3 Å². The number of hydrogen-bond donors (Lipinski definition) is 3. The fraction of sp³-hybridized carbons (Fsp3) is 0.655. The fourth-order valence-electron chi connectivity index (χ4n) is 3.85. The molecule has 9 nitrogen and oxygen atoms in total. The molecular weight excluding hydrogens is 514 g/mol. The molecule has 4 unspecified atom stereocenters. The molecule has 3 amide bonds. The number of carbonyl (C=O) groups is 3. The summed E-state index contributed by atoms with van der Waals surface area (Å²) in [7, 11) is -1.18. The van der Waals surface area contributed by atoms with Gasteiger partial charge in [-0.05, 0) is 55.1 Å². The maximum atomic E-state index is 12.5. The van der Waals surface area contributed by atoms with E-state index in [9.17, 15) is 18.6 Å². The van der Waals surface area contributed by atoms with Crippen LogP contribution in [0.3, 0.4) is 0 Å². The van der Waals surface area contributed by atoms with E-state index in [0.29, 0.717) is 43.0 Å². The molecular formula is C29H45N5O4S. The largest absolute Gasteiger partial charge is 0.346 e. The topological polar surface area (TPSA) is 131 Å². The summed E-state index contributed by atoms with van der Waals surface area (Å²) in [5.41, 5.74) is 1.33. The third-order valence-corrected chi connectivity index (χ3v) is 7.65. The molecule has 1 saturated heterocycles. The van der Waals surface area contributed by atoms with Crippen LogP contribution in [0.1, 0.15) is 73.1 Å². The zero-order valence-corrected chi connectivity index (χ0v) is 24.8. The second kappa shape index (κ2) is 15.7. The molecule has 1 aromatic carbocycles. The van der Waals surface area contributed by atoms with Gasteiger partial charge in [0.05, 0.1) is 29.6 Å². The van der Waals surface area contributed by atoms with Crippen LogP contribution in [0.4, 0.5) is 5.69 Å². The minimum absolute atomic E-state index is 0.108. The molecule has 216 valence electrons. The summed E-state index contributed by atoms with van der Waals surface area (Å²) in [5, 5.41) is 14.5. The summed E-state index contributed by atoms with van der Waals surface area (Å²) in [6, 6.07) is 10.5. The van der Waals surface area contributed by atoms with Gasteiger partial charge in [0.1, 0.15) is 6.04 Å². The first kappa shape index (κ1) is 32.4. The lowest BCUT2D eigenvalue weighted by Gasteiger charge is -2.21. The van der Waals surface area contributed by atoms with Gasteiger partial charge in [-0.1, -0.05) is 65.7 Å². The Morgan fingerprint density at radius 2 is 1.77 bits per heavy atom. The lowest BCUT2D eigenvalue weighted by molar-refractivity contribution is -0.133. The summed E-state index contributed by atoms with van der Waals surface area (Å²) < 4.78 is 15.0. The molecule has 0 spiro atoms. The van der Waals surface area contributed by atoms with Crippen LogP contribution in [0.5, 0.6) is 0 Å². The Morgan fingerprint density at radius 1 is 1.15 bits per heavy atom. The number of benzene rings is 1. The SMILES string of the molecule is CC(C)(C)C.CC1CC(C#N)N(C(=O)CNC(=O)C(CC2CC2)NS(=O)C2CC2)C1.O=CNc1ccccc1. The molecule has 3 fully saturated rings. The van der Waals surface area contributed by atoms with E-state index in [1.54, 1.807) is 4.90 Å². The molecule has 1 heterocycles. The predicted molar refractivity (Wildman–Crippen MR) is 155 cm³/mol. The summed E-state index contributed by atoms with van der Waals surface area (Å²) in [4.78, 5) is 36.2. The van der Waals surface area contributed by atoms with Gasteiger partial charge in [-0.2, -0.15) is 5.26 Å². The van der Waals surface area contributed by atoms with E-state index in [1.807, 2.05) is 37.3 Å². The normalized spacial score (nSPS) is 21.6. The predicted octanol–water partition coefficient (Wildman–Crippen LogP) is 3.75. The number of likely N-dealkylation sites (tertiary alicyclic amines) is 1. The van der Waals surface area contributed by atoms with Crippen molar-refractivity contribution in [2.24, 2.45) is 17.3 Å². The summed E-state index contributed by atoms with van der Waals surface area (Å²) in [5.74, 6) is 0.319. The van der Waals surface area contributed by atoms with E-state index in [4.69, 9.17) is 5.26 Å². The molecule has 2 aliphatic carbocycles. The fourth-order valence-corrected chi connectivity index (χ4v) is 5.09. The Hall–Kier alpha value is -2.77. The van der Waals surface area contributed by atoms with Crippen molar-refractivity contribution in [1.82, 2.24) is 14.9 Å². The third kappa shape index (κ3) is 13.7. The molecule has 1 aromatic rings. The Labute approximate surface area is 236 Å². The highest BCUT2D eigenvalue weighted by Crippen LogP contribution is 2.34. The molecule has 4 rings (SSSR count). The average Bonchev–Trinajstić information content (AvgIpc) is 3.80. The van der Waals surface area contributed by atoms with Crippen LogP contribution < -0.4 is 15.4 Å². The van der Waals surface area contributed by atoms with Gasteiger partial charge >= 0.3 is 0 Å². The van der Waals surface area contributed by atoms with Gasteiger partial charge in [0, 0.05) is 17.5 Å². The van der Waals surface area contributed by atoms with Gasteiger partial charge in [0.25, 0.3) is 0 Å². The van der Waals surface area contributed by atoms with E-state index in [-0.39, 0.29) is 23.6 Å². The number of nitrogens with one attached hydrogen (secondary N) is 3. The third-order valence-electron chi connectivity index (χ3n) is 6.06. The average molecular weight is 560 g/mol. The molecule has 0 bridgehead atoms. The number of hydrogen-bond acceptors (Lipinski definition) is 5.